The Balaban J connectivity index is 1.71. The van der Waals surface area contributed by atoms with Crippen LogP contribution >= 0.6 is 0 Å². The number of aromatic nitrogens is 1. The van der Waals surface area contributed by atoms with E-state index in [1.54, 1.807) is 6.07 Å². The monoisotopic (exact) mass is 261 g/mol. The van der Waals surface area contributed by atoms with Crippen molar-refractivity contribution in [3.05, 3.63) is 30.0 Å². The van der Waals surface area contributed by atoms with Gasteiger partial charge in [-0.3, -0.25) is 4.79 Å². The van der Waals surface area contributed by atoms with Crippen LogP contribution in [0.1, 0.15) is 12.1 Å². The third-order valence-electron chi connectivity index (χ3n) is 2.92. The van der Waals surface area contributed by atoms with Crippen molar-refractivity contribution in [2.45, 2.75) is 18.9 Å². The molecule has 3 rings (SSSR count). The molecule has 1 saturated heterocycles. The molecule has 1 atom stereocenters. The molecule has 1 unspecified atom stereocenters. The predicted molar refractivity (Wildman–Crippen MR) is 63.2 cm³/mol. The topological polar surface area (TPSA) is 78.6 Å². The number of benzene rings is 1. The molecule has 0 radical (unpaired) electrons. The molecular weight excluding hydrogens is 250 g/mol. The maximum absolute atomic E-state index is 11.7. The molecule has 0 spiro atoms. The van der Waals surface area contributed by atoms with E-state index in [4.69, 9.17) is 14.0 Å². The van der Waals surface area contributed by atoms with Crippen LogP contribution in [0.2, 0.25) is 0 Å². The van der Waals surface area contributed by atoms with Crippen molar-refractivity contribution in [1.82, 2.24) is 5.16 Å². The van der Waals surface area contributed by atoms with Gasteiger partial charge in [-0.2, -0.15) is 0 Å². The van der Waals surface area contributed by atoms with Crippen LogP contribution in [-0.4, -0.2) is 29.8 Å². The highest BCUT2D eigenvalue weighted by Gasteiger charge is 2.30. The quantitative estimate of drug-likeness (QED) is 0.773. The lowest BCUT2D eigenvalue weighted by atomic mass is 10.2. The van der Waals surface area contributed by atoms with Gasteiger partial charge < -0.3 is 14.0 Å². The van der Waals surface area contributed by atoms with E-state index < -0.39 is 18.0 Å². The lowest BCUT2D eigenvalue weighted by molar-refractivity contribution is -0.159. The molecule has 19 heavy (non-hydrogen) atoms. The Bertz CT molecular complexity index is 633. The van der Waals surface area contributed by atoms with Crippen LogP contribution in [0, 0.1) is 0 Å². The molecule has 6 heteroatoms. The zero-order valence-corrected chi connectivity index (χ0v) is 10.00. The van der Waals surface area contributed by atoms with Crippen molar-refractivity contribution in [1.29, 1.82) is 0 Å². The number of rotatable bonds is 3. The summed E-state index contributed by atoms with van der Waals surface area (Å²) in [6.07, 6.45) is -0.407. The number of ether oxygens (including phenoxy) is 2. The molecule has 0 N–H and O–H groups in total. The van der Waals surface area contributed by atoms with Gasteiger partial charge in [0.2, 0.25) is 6.10 Å². The molecule has 0 saturated carbocycles. The summed E-state index contributed by atoms with van der Waals surface area (Å²) in [5.41, 5.74) is 1.12. The van der Waals surface area contributed by atoms with Crippen LogP contribution in [0.15, 0.2) is 28.8 Å². The predicted octanol–water partition coefficient (Wildman–Crippen LogP) is 1.23. The Morgan fingerprint density at radius 2 is 2.26 bits per heavy atom. The molecule has 1 fully saturated rings. The molecule has 6 nitrogen and oxygen atoms in total. The largest absolute Gasteiger partial charge is 0.463 e. The molecule has 98 valence electrons. The normalized spacial score (nSPS) is 18.5. The smallest absolute Gasteiger partial charge is 0.347 e. The van der Waals surface area contributed by atoms with Crippen LogP contribution in [0.3, 0.4) is 0 Å². The van der Waals surface area contributed by atoms with Gasteiger partial charge in [0.25, 0.3) is 0 Å². The number of cyclic esters (lactones) is 1. The van der Waals surface area contributed by atoms with Gasteiger partial charge in [0.1, 0.15) is 5.69 Å². The Kier molecular flexibility index (Phi) is 2.91. The minimum absolute atomic E-state index is 0.0270. The number of para-hydroxylation sites is 1. The highest BCUT2D eigenvalue weighted by molar-refractivity contribution is 5.85. The average Bonchev–Trinajstić information content (AvgIpc) is 2.98. The van der Waals surface area contributed by atoms with Gasteiger partial charge in [-0.1, -0.05) is 17.3 Å². The fourth-order valence-corrected chi connectivity index (χ4v) is 1.99. The highest BCUT2D eigenvalue weighted by Crippen LogP contribution is 2.19. The van der Waals surface area contributed by atoms with Crippen molar-refractivity contribution in [2.24, 2.45) is 0 Å². The number of hydrogen-bond acceptors (Lipinski definition) is 6. The second kappa shape index (κ2) is 4.72. The Hall–Kier alpha value is -2.37. The van der Waals surface area contributed by atoms with Gasteiger partial charge in [-0.15, -0.1) is 0 Å². The summed E-state index contributed by atoms with van der Waals surface area (Å²) < 4.78 is 14.9. The van der Waals surface area contributed by atoms with Gasteiger partial charge in [-0.25, -0.2) is 4.79 Å². The van der Waals surface area contributed by atoms with E-state index >= 15 is 0 Å². The molecule has 1 aliphatic rings. The summed E-state index contributed by atoms with van der Waals surface area (Å²) >= 11 is 0. The minimum atomic E-state index is -0.786. The summed E-state index contributed by atoms with van der Waals surface area (Å²) in [5.74, 6) is -0.999. The number of fused-ring (bicyclic) bond motifs is 1. The highest BCUT2D eigenvalue weighted by atomic mass is 16.6. The third-order valence-corrected chi connectivity index (χ3v) is 2.92. The van der Waals surface area contributed by atoms with Crippen molar-refractivity contribution < 1.29 is 23.6 Å². The fourth-order valence-electron chi connectivity index (χ4n) is 1.99. The molecule has 1 aromatic carbocycles. The van der Waals surface area contributed by atoms with Crippen LogP contribution in [0.25, 0.3) is 11.0 Å². The number of carbonyl (C=O) groups excluding carboxylic acids is 2. The average molecular weight is 261 g/mol. The van der Waals surface area contributed by atoms with E-state index in [9.17, 15) is 9.59 Å². The number of carbonyl (C=O) groups is 2. The third kappa shape index (κ3) is 2.29. The van der Waals surface area contributed by atoms with Gasteiger partial charge in [-0.05, 0) is 12.1 Å². The summed E-state index contributed by atoms with van der Waals surface area (Å²) in [6.45, 7) is 0.295. The molecule has 1 aromatic heterocycles. The fraction of sp³-hybridized carbons (Fsp3) is 0.308. The van der Waals surface area contributed by atoms with Crippen molar-refractivity contribution >= 4 is 22.9 Å². The number of hydrogen-bond donors (Lipinski definition) is 0. The van der Waals surface area contributed by atoms with Crippen molar-refractivity contribution in [2.75, 3.05) is 6.61 Å². The first kappa shape index (κ1) is 11.7. The van der Waals surface area contributed by atoms with Crippen LogP contribution in [0.4, 0.5) is 0 Å². The zero-order chi connectivity index (χ0) is 13.2. The first-order valence-corrected chi connectivity index (χ1v) is 5.93. The van der Waals surface area contributed by atoms with E-state index in [-0.39, 0.29) is 6.42 Å². The molecule has 2 heterocycles. The lowest BCUT2D eigenvalue weighted by Crippen LogP contribution is -2.23. The molecule has 0 aliphatic carbocycles. The molecule has 2 aromatic rings. The van der Waals surface area contributed by atoms with E-state index in [0.717, 1.165) is 5.39 Å². The minimum Gasteiger partial charge on any atom is -0.463 e. The number of nitrogens with zero attached hydrogens (tertiary/aromatic N) is 1. The van der Waals surface area contributed by atoms with Crippen molar-refractivity contribution in [3.8, 4) is 0 Å². The van der Waals surface area contributed by atoms with Crippen LogP contribution < -0.4 is 0 Å². The second-order valence-corrected chi connectivity index (χ2v) is 4.24. The van der Waals surface area contributed by atoms with Gasteiger partial charge in [0, 0.05) is 11.8 Å². The SMILES string of the molecule is O=C(Cc1noc2ccccc12)OC1CCOC1=O. The van der Waals surface area contributed by atoms with E-state index in [2.05, 4.69) is 5.16 Å². The second-order valence-electron chi connectivity index (χ2n) is 4.24. The molecular formula is C13H11NO5. The first-order chi connectivity index (χ1) is 9.24. The summed E-state index contributed by atoms with van der Waals surface area (Å²) in [7, 11) is 0. The van der Waals surface area contributed by atoms with Gasteiger partial charge >= 0.3 is 11.9 Å². The summed E-state index contributed by atoms with van der Waals surface area (Å²) in [5, 5.41) is 4.61. The Morgan fingerprint density at radius 1 is 1.42 bits per heavy atom. The molecule has 0 amide bonds. The summed E-state index contributed by atoms with van der Waals surface area (Å²) in [6, 6.07) is 7.25. The maximum atomic E-state index is 11.7. The summed E-state index contributed by atoms with van der Waals surface area (Å²) in [4.78, 5) is 22.9. The van der Waals surface area contributed by atoms with Gasteiger partial charge in [0.15, 0.2) is 5.58 Å². The standard InChI is InChI=1S/C13H11NO5/c15-12(18-11-5-6-17-13(11)16)7-9-8-3-1-2-4-10(8)19-14-9/h1-4,11H,5-7H2. The van der Waals surface area contributed by atoms with E-state index in [1.165, 1.54) is 0 Å². The molecule has 1 aliphatic heterocycles. The van der Waals surface area contributed by atoms with E-state index in [1.807, 2.05) is 18.2 Å². The van der Waals surface area contributed by atoms with Gasteiger partial charge in [0.05, 0.1) is 13.0 Å². The zero-order valence-electron chi connectivity index (χ0n) is 10.00. The molecule has 0 bridgehead atoms. The van der Waals surface area contributed by atoms with Crippen molar-refractivity contribution in [3.63, 3.8) is 0 Å². The van der Waals surface area contributed by atoms with E-state index in [0.29, 0.717) is 24.3 Å². The Labute approximate surface area is 108 Å². The van der Waals surface area contributed by atoms with Crippen LogP contribution in [-0.2, 0) is 25.5 Å². The Morgan fingerprint density at radius 3 is 3.05 bits per heavy atom. The lowest BCUT2D eigenvalue weighted by Gasteiger charge is -2.06. The number of esters is 2. The maximum Gasteiger partial charge on any atom is 0.347 e. The van der Waals surface area contributed by atoms with Crippen LogP contribution in [0.5, 0.6) is 0 Å². The first-order valence-electron chi connectivity index (χ1n) is 5.93.